The Bertz CT molecular complexity index is 624. The molecule has 1 N–H and O–H groups in total. The standard InChI is InChI=1S/C20H37N5O4/c1-6-8-10-12-23(13-11-9-7-2)14-16(3)21-19(26)17(4)24-15-18(25(27)28)20(22-24)29-5/h15-17H,6-14H2,1-5H3,(H,21,26). The van der Waals surface area contributed by atoms with Crippen molar-refractivity contribution >= 4 is 11.6 Å². The summed E-state index contributed by atoms with van der Waals surface area (Å²) in [4.78, 5) is 25.6. The van der Waals surface area contributed by atoms with Gasteiger partial charge in [-0.25, -0.2) is 4.68 Å². The number of hydrogen-bond donors (Lipinski definition) is 1. The molecule has 29 heavy (non-hydrogen) atoms. The summed E-state index contributed by atoms with van der Waals surface area (Å²) in [5.41, 5.74) is -0.252. The number of methoxy groups -OCH3 is 1. The van der Waals surface area contributed by atoms with Crippen LogP contribution in [0.5, 0.6) is 5.88 Å². The van der Waals surface area contributed by atoms with Crippen molar-refractivity contribution in [2.45, 2.75) is 78.3 Å². The van der Waals surface area contributed by atoms with E-state index in [1.165, 1.54) is 43.7 Å². The summed E-state index contributed by atoms with van der Waals surface area (Å²) in [5, 5.41) is 18.1. The number of aromatic nitrogens is 2. The van der Waals surface area contributed by atoms with E-state index in [-0.39, 0.29) is 23.5 Å². The molecule has 1 heterocycles. The molecule has 0 spiro atoms. The first-order valence-corrected chi connectivity index (χ1v) is 10.6. The second kappa shape index (κ2) is 13.1. The van der Waals surface area contributed by atoms with Crippen LogP contribution >= 0.6 is 0 Å². The monoisotopic (exact) mass is 411 g/mol. The SMILES string of the molecule is CCCCCN(CCCCC)CC(C)NC(=O)C(C)n1cc([N+](=O)[O-])c(OC)n1. The van der Waals surface area contributed by atoms with Gasteiger partial charge in [-0.15, -0.1) is 5.10 Å². The lowest BCUT2D eigenvalue weighted by Crippen LogP contribution is -2.44. The van der Waals surface area contributed by atoms with Crippen LogP contribution in [0, 0.1) is 10.1 Å². The van der Waals surface area contributed by atoms with E-state index < -0.39 is 11.0 Å². The normalized spacial score (nSPS) is 13.3. The van der Waals surface area contributed by atoms with Crippen molar-refractivity contribution in [1.29, 1.82) is 0 Å². The van der Waals surface area contributed by atoms with E-state index in [4.69, 9.17) is 4.74 Å². The van der Waals surface area contributed by atoms with Crippen LogP contribution in [0.3, 0.4) is 0 Å². The predicted octanol–water partition coefficient (Wildman–Crippen LogP) is 3.55. The molecular formula is C20H37N5O4. The van der Waals surface area contributed by atoms with Crippen molar-refractivity contribution in [1.82, 2.24) is 20.0 Å². The highest BCUT2D eigenvalue weighted by Gasteiger charge is 2.26. The van der Waals surface area contributed by atoms with Crippen LogP contribution in [0.25, 0.3) is 0 Å². The van der Waals surface area contributed by atoms with Crippen LogP contribution in [0.2, 0.25) is 0 Å². The van der Waals surface area contributed by atoms with Crippen molar-refractivity contribution in [2.75, 3.05) is 26.7 Å². The fourth-order valence-electron chi connectivity index (χ4n) is 3.22. The van der Waals surface area contributed by atoms with Crippen molar-refractivity contribution in [3.8, 4) is 5.88 Å². The van der Waals surface area contributed by atoms with Crippen LogP contribution in [-0.4, -0.2) is 58.3 Å². The molecule has 1 rings (SSSR count). The van der Waals surface area contributed by atoms with Crippen LogP contribution in [0.1, 0.15) is 72.3 Å². The number of nitro groups is 1. The molecule has 1 amide bonds. The summed E-state index contributed by atoms with van der Waals surface area (Å²) in [6.45, 7) is 10.9. The highest BCUT2D eigenvalue weighted by Crippen LogP contribution is 2.25. The smallest absolute Gasteiger partial charge is 0.350 e. The molecule has 0 fully saturated rings. The quantitative estimate of drug-likeness (QED) is 0.269. The first-order chi connectivity index (χ1) is 13.8. The van der Waals surface area contributed by atoms with E-state index in [0.717, 1.165) is 32.5 Å². The maximum atomic E-state index is 12.6. The van der Waals surface area contributed by atoms with Crippen LogP contribution in [0.15, 0.2) is 6.20 Å². The Morgan fingerprint density at radius 1 is 1.24 bits per heavy atom. The summed E-state index contributed by atoms with van der Waals surface area (Å²) < 4.78 is 6.21. The Labute approximate surface area is 173 Å². The van der Waals surface area contributed by atoms with Crippen molar-refractivity contribution in [3.05, 3.63) is 16.3 Å². The number of unbranched alkanes of at least 4 members (excludes halogenated alkanes) is 4. The van der Waals surface area contributed by atoms with Gasteiger partial charge < -0.3 is 15.0 Å². The molecule has 1 aromatic heterocycles. The predicted molar refractivity (Wildman–Crippen MR) is 113 cm³/mol. The maximum absolute atomic E-state index is 12.6. The molecule has 0 aliphatic rings. The van der Waals surface area contributed by atoms with Crippen LogP contribution < -0.4 is 10.1 Å². The Balaban J connectivity index is 2.66. The fraction of sp³-hybridized carbons (Fsp3) is 0.800. The van der Waals surface area contributed by atoms with Gasteiger partial charge in [-0.1, -0.05) is 39.5 Å². The van der Waals surface area contributed by atoms with Gasteiger partial charge in [-0.3, -0.25) is 14.9 Å². The third-order valence-corrected chi connectivity index (χ3v) is 4.92. The second-order valence-electron chi connectivity index (χ2n) is 7.56. The summed E-state index contributed by atoms with van der Waals surface area (Å²) in [6.07, 6.45) is 8.35. The van der Waals surface area contributed by atoms with E-state index in [9.17, 15) is 14.9 Å². The van der Waals surface area contributed by atoms with E-state index in [1.807, 2.05) is 6.92 Å². The number of nitrogens with zero attached hydrogens (tertiary/aromatic N) is 4. The summed E-state index contributed by atoms with van der Waals surface area (Å²) in [7, 11) is 1.32. The lowest BCUT2D eigenvalue weighted by molar-refractivity contribution is -0.385. The van der Waals surface area contributed by atoms with E-state index >= 15 is 0 Å². The van der Waals surface area contributed by atoms with Gasteiger partial charge in [0.2, 0.25) is 5.91 Å². The van der Waals surface area contributed by atoms with Crippen LogP contribution in [-0.2, 0) is 4.79 Å². The molecule has 9 heteroatoms. The molecule has 0 bridgehead atoms. The molecular weight excluding hydrogens is 374 g/mol. The lowest BCUT2D eigenvalue weighted by Gasteiger charge is -2.27. The minimum atomic E-state index is -0.673. The Morgan fingerprint density at radius 3 is 2.28 bits per heavy atom. The molecule has 0 saturated heterocycles. The Kier molecular flexibility index (Phi) is 11.3. The molecule has 166 valence electrons. The molecule has 1 aromatic rings. The number of carbonyl (C=O) groups is 1. The average Bonchev–Trinajstić information content (AvgIpc) is 3.12. The Hall–Kier alpha value is -2.16. The number of rotatable bonds is 15. The molecule has 0 aliphatic carbocycles. The molecule has 2 unspecified atom stereocenters. The summed E-state index contributed by atoms with van der Waals surface area (Å²) in [5.74, 6) is -0.319. The lowest BCUT2D eigenvalue weighted by atomic mass is 10.2. The van der Waals surface area contributed by atoms with E-state index in [1.54, 1.807) is 6.92 Å². The highest BCUT2D eigenvalue weighted by molar-refractivity contribution is 5.80. The zero-order chi connectivity index (χ0) is 21.8. The zero-order valence-electron chi connectivity index (χ0n) is 18.5. The number of ether oxygens (including phenoxy) is 1. The third kappa shape index (κ3) is 8.39. The molecule has 2 atom stereocenters. The van der Waals surface area contributed by atoms with Crippen molar-refractivity contribution in [2.24, 2.45) is 0 Å². The molecule has 0 radical (unpaired) electrons. The molecule has 0 aliphatic heterocycles. The van der Waals surface area contributed by atoms with Gasteiger partial charge in [0.15, 0.2) is 0 Å². The van der Waals surface area contributed by atoms with Crippen molar-refractivity contribution < 1.29 is 14.5 Å². The topological polar surface area (TPSA) is 103 Å². The number of carbonyl (C=O) groups excluding carboxylic acids is 1. The summed E-state index contributed by atoms with van der Waals surface area (Å²) in [6, 6.07) is -0.700. The minimum Gasteiger partial charge on any atom is -0.475 e. The van der Waals surface area contributed by atoms with Gasteiger partial charge in [0.05, 0.1) is 12.0 Å². The van der Waals surface area contributed by atoms with Gasteiger partial charge in [0.25, 0.3) is 0 Å². The highest BCUT2D eigenvalue weighted by atomic mass is 16.6. The molecule has 9 nitrogen and oxygen atoms in total. The number of nitrogens with one attached hydrogen (secondary N) is 1. The molecule has 0 saturated carbocycles. The van der Waals surface area contributed by atoms with Crippen molar-refractivity contribution in [3.63, 3.8) is 0 Å². The average molecular weight is 412 g/mol. The maximum Gasteiger partial charge on any atom is 0.350 e. The van der Waals surface area contributed by atoms with E-state index in [0.29, 0.717) is 0 Å². The fourth-order valence-corrected chi connectivity index (χ4v) is 3.22. The van der Waals surface area contributed by atoms with Gasteiger partial charge in [0.1, 0.15) is 12.2 Å². The zero-order valence-corrected chi connectivity index (χ0v) is 18.5. The third-order valence-electron chi connectivity index (χ3n) is 4.92. The van der Waals surface area contributed by atoms with Gasteiger partial charge in [-0.05, 0) is 39.8 Å². The largest absolute Gasteiger partial charge is 0.475 e. The second-order valence-corrected chi connectivity index (χ2v) is 7.56. The van der Waals surface area contributed by atoms with E-state index in [2.05, 4.69) is 29.2 Å². The Morgan fingerprint density at radius 2 is 1.83 bits per heavy atom. The first kappa shape index (κ1) is 24.9. The van der Waals surface area contributed by atoms with Gasteiger partial charge in [-0.2, -0.15) is 0 Å². The molecule has 0 aromatic carbocycles. The first-order valence-electron chi connectivity index (χ1n) is 10.6. The van der Waals surface area contributed by atoms with Crippen LogP contribution in [0.4, 0.5) is 5.69 Å². The van der Waals surface area contributed by atoms with Gasteiger partial charge >= 0.3 is 11.6 Å². The minimum absolute atomic E-state index is 0.0272. The van der Waals surface area contributed by atoms with Gasteiger partial charge in [0, 0.05) is 12.6 Å². The summed E-state index contributed by atoms with van der Waals surface area (Å²) >= 11 is 0. The number of hydrogen-bond acceptors (Lipinski definition) is 6. The number of amides is 1.